The summed E-state index contributed by atoms with van der Waals surface area (Å²) in [6.07, 6.45) is 0. The maximum Gasteiger partial charge on any atom is 0.308 e. The molecule has 20 heavy (non-hydrogen) atoms. The monoisotopic (exact) mass is 301 g/mol. The molecule has 0 unspecified atom stereocenters. The summed E-state index contributed by atoms with van der Waals surface area (Å²) >= 11 is 0. The van der Waals surface area contributed by atoms with Crippen LogP contribution in [0.4, 0.5) is 4.39 Å². The summed E-state index contributed by atoms with van der Waals surface area (Å²) in [4.78, 5) is 11.0. The third-order valence-electron chi connectivity index (χ3n) is 3.59. The van der Waals surface area contributed by atoms with Crippen LogP contribution in [0.3, 0.4) is 0 Å². The van der Waals surface area contributed by atoms with Crippen LogP contribution >= 0.6 is 0 Å². The Morgan fingerprint density at radius 3 is 2.60 bits per heavy atom. The number of carbonyl (C=O) groups is 1. The fourth-order valence-electron chi connectivity index (χ4n) is 2.37. The Morgan fingerprint density at radius 2 is 2.05 bits per heavy atom. The van der Waals surface area contributed by atoms with Crippen LogP contribution < -0.4 is 0 Å². The molecular weight excluding hydrogens is 285 g/mol. The van der Waals surface area contributed by atoms with Crippen molar-refractivity contribution in [2.45, 2.75) is 12.7 Å². The Morgan fingerprint density at radius 1 is 1.40 bits per heavy atom. The minimum Gasteiger partial charge on any atom is -0.481 e. The maximum absolute atomic E-state index is 13.5. The second-order valence-electron chi connectivity index (χ2n) is 5.09. The van der Waals surface area contributed by atoms with Gasteiger partial charge in [-0.15, -0.1) is 0 Å². The van der Waals surface area contributed by atoms with Crippen LogP contribution in [0.2, 0.25) is 0 Å². The van der Waals surface area contributed by atoms with Gasteiger partial charge < -0.3 is 5.11 Å². The van der Waals surface area contributed by atoms with E-state index in [0.29, 0.717) is 0 Å². The second kappa shape index (κ2) is 5.49. The zero-order valence-corrected chi connectivity index (χ0v) is 11.8. The first-order chi connectivity index (χ1) is 9.31. The standard InChI is InChI=1S/C13H16FNO4S/c1-9-6-15(7-11(9)13(16)17)20(18,19)8-10-4-2-3-5-12(10)14/h2-5,9,11H,6-8H2,1H3,(H,16,17)/t9-,11-/m1/s1. The highest BCUT2D eigenvalue weighted by Crippen LogP contribution is 2.27. The Hall–Kier alpha value is -1.47. The third kappa shape index (κ3) is 2.99. The number of sulfonamides is 1. The molecule has 0 radical (unpaired) electrons. The normalized spacial score (nSPS) is 23.9. The Kier molecular flexibility index (Phi) is 4.10. The molecule has 1 saturated heterocycles. The van der Waals surface area contributed by atoms with Gasteiger partial charge in [0.15, 0.2) is 0 Å². The van der Waals surface area contributed by atoms with Gasteiger partial charge in [-0.3, -0.25) is 4.79 Å². The van der Waals surface area contributed by atoms with Crippen molar-refractivity contribution in [3.8, 4) is 0 Å². The van der Waals surface area contributed by atoms with Crippen molar-refractivity contribution in [3.63, 3.8) is 0 Å². The highest BCUT2D eigenvalue weighted by Gasteiger charge is 2.40. The summed E-state index contributed by atoms with van der Waals surface area (Å²) in [5.41, 5.74) is 0.0962. The number of carboxylic acids is 1. The molecule has 1 aliphatic heterocycles. The summed E-state index contributed by atoms with van der Waals surface area (Å²) in [6, 6.07) is 5.68. The maximum atomic E-state index is 13.5. The second-order valence-corrected chi connectivity index (χ2v) is 7.06. The lowest BCUT2D eigenvalue weighted by molar-refractivity contribution is -0.142. The first kappa shape index (κ1) is 14.9. The fraction of sp³-hybridized carbons (Fsp3) is 0.462. The Bertz CT molecular complexity index is 617. The average molecular weight is 301 g/mol. The van der Waals surface area contributed by atoms with Gasteiger partial charge in [-0.1, -0.05) is 25.1 Å². The predicted octanol–water partition coefficient (Wildman–Crippen LogP) is 1.31. The molecule has 1 aromatic carbocycles. The van der Waals surface area contributed by atoms with E-state index in [9.17, 15) is 17.6 Å². The first-order valence-corrected chi connectivity index (χ1v) is 7.86. The lowest BCUT2D eigenvalue weighted by Gasteiger charge is -2.16. The Balaban J connectivity index is 2.16. The largest absolute Gasteiger partial charge is 0.481 e. The molecule has 0 spiro atoms. The van der Waals surface area contributed by atoms with E-state index in [0.717, 1.165) is 4.31 Å². The number of rotatable bonds is 4. The van der Waals surface area contributed by atoms with Crippen LogP contribution in [-0.2, 0) is 20.6 Å². The number of halogens is 1. The number of nitrogens with zero attached hydrogens (tertiary/aromatic N) is 1. The quantitative estimate of drug-likeness (QED) is 0.910. The van der Waals surface area contributed by atoms with E-state index in [1.54, 1.807) is 13.0 Å². The highest BCUT2D eigenvalue weighted by molar-refractivity contribution is 7.88. The molecule has 1 N–H and O–H groups in total. The van der Waals surface area contributed by atoms with Gasteiger partial charge in [0.25, 0.3) is 0 Å². The SMILES string of the molecule is C[C@@H]1CN(S(=O)(=O)Cc2ccccc2F)C[C@H]1C(=O)O. The molecule has 0 bridgehead atoms. The van der Waals surface area contributed by atoms with Crippen molar-refractivity contribution in [3.05, 3.63) is 35.6 Å². The van der Waals surface area contributed by atoms with Crippen molar-refractivity contribution < 1.29 is 22.7 Å². The molecule has 1 heterocycles. The molecule has 7 heteroatoms. The summed E-state index contributed by atoms with van der Waals surface area (Å²) in [5.74, 6) is -2.97. The average Bonchev–Trinajstić information content (AvgIpc) is 2.75. The van der Waals surface area contributed by atoms with Gasteiger partial charge in [0.05, 0.1) is 11.7 Å². The van der Waals surface area contributed by atoms with E-state index < -0.39 is 33.5 Å². The topological polar surface area (TPSA) is 74.7 Å². The smallest absolute Gasteiger partial charge is 0.308 e. The van der Waals surface area contributed by atoms with E-state index in [1.165, 1.54) is 18.2 Å². The van der Waals surface area contributed by atoms with E-state index >= 15 is 0 Å². The van der Waals surface area contributed by atoms with E-state index in [-0.39, 0.29) is 24.6 Å². The van der Waals surface area contributed by atoms with Crippen molar-refractivity contribution in [2.24, 2.45) is 11.8 Å². The molecular formula is C13H16FNO4S. The molecule has 0 aromatic heterocycles. The Labute approximate surface area is 117 Å². The molecule has 1 aromatic rings. The molecule has 5 nitrogen and oxygen atoms in total. The first-order valence-electron chi connectivity index (χ1n) is 6.25. The lowest BCUT2D eigenvalue weighted by Crippen LogP contribution is -2.31. The van der Waals surface area contributed by atoms with Crippen LogP contribution in [0, 0.1) is 17.7 Å². The van der Waals surface area contributed by atoms with Crippen molar-refractivity contribution >= 4 is 16.0 Å². The van der Waals surface area contributed by atoms with Gasteiger partial charge in [-0.25, -0.2) is 17.1 Å². The molecule has 1 aliphatic rings. The third-order valence-corrected chi connectivity index (χ3v) is 5.35. The molecule has 1 fully saturated rings. The van der Waals surface area contributed by atoms with Crippen LogP contribution in [-0.4, -0.2) is 36.9 Å². The molecule has 110 valence electrons. The van der Waals surface area contributed by atoms with Gasteiger partial charge in [-0.05, 0) is 12.0 Å². The summed E-state index contributed by atoms with van der Waals surface area (Å²) in [5, 5.41) is 9.02. The molecule has 0 aliphatic carbocycles. The van der Waals surface area contributed by atoms with Crippen LogP contribution in [0.5, 0.6) is 0 Å². The van der Waals surface area contributed by atoms with Crippen molar-refractivity contribution in [1.29, 1.82) is 0 Å². The zero-order chi connectivity index (χ0) is 14.9. The van der Waals surface area contributed by atoms with Crippen LogP contribution in [0.15, 0.2) is 24.3 Å². The minimum absolute atomic E-state index is 0.0483. The van der Waals surface area contributed by atoms with E-state index in [1.807, 2.05) is 0 Å². The number of aliphatic carboxylic acids is 1. The van der Waals surface area contributed by atoms with Crippen LogP contribution in [0.1, 0.15) is 12.5 Å². The fourth-order valence-corrected chi connectivity index (χ4v) is 4.03. The predicted molar refractivity (Wildman–Crippen MR) is 70.9 cm³/mol. The molecule has 0 amide bonds. The van der Waals surface area contributed by atoms with Gasteiger partial charge in [0.2, 0.25) is 10.0 Å². The molecule has 2 rings (SSSR count). The number of benzene rings is 1. The number of carboxylic acid groups (broad SMARTS) is 1. The summed E-state index contributed by atoms with van der Waals surface area (Å²) < 4.78 is 39.1. The number of hydrogen-bond acceptors (Lipinski definition) is 3. The molecule has 0 saturated carbocycles. The van der Waals surface area contributed by atoms with Crippen molar-refractivity contribution in [2.75, 3.05) is 13.1 Å². The van der Waals surface area contributed by atoms with Crippen LogP contribution in [0.25, 0.3) is 0 Å². The van der Waals surface area contributed by atoms with Gasteiger partial charge in [-0.2, -0.15) is 0 Å². The van der Waals surface area contributed by atoms with Gasteiger partial charge in [0, 0.05) is 18.7 Å². The van der Waals surface area contributed by atoms with E-state index in [4.69, 9.17) is 5.11 Å². The number of hydrogen-bond donors (Lipinski definition) is 1. The molecule has 2 atom stereocenters. The van der Waals surface area contributed by atoms with Gasteiger partial charge >= 0.3 is 5.97 Å². The lowest BCUT2D eigenvalue weighted by atomic mass is 9.99. The summed E-state index contributed by atoms with van der Waals surface area (Å²) in [7, 11) is -3.70. The minimum atomic E-state index is -3.70. The summed E-state index contributed by atoms with van der Waals surface area (Å²) in [6.45, 7) is 1.82. The highest BCUT2D eigenvalue weighted by atomic mass is 32.2. The van der Waals surface area contributed by atoms with Gasteiger partial charge in [0.1, 0.15) is 5.82 Å². The zero-order valence-electron chi connectivity index (χ0n) is 11.0. The van der Waals surface area contributed by atoms with Crippen molar-refractivity contribution in [1.82, 2.24) is 4.31 Å². The van der Waals surface area contributed by atoms with E-state index in [2.05, 4.69) is 0 Å².